The van der Waals surface area contributed by atoms with Crippen LogP contribution in [-0.4, -0.2) is 35.9 Å². The van der Waals surface area contributed by atoms with E-state index in [1.54, 1.807) is 6.92 Å². The van der Waals surface area contributed by atoms with Gasteiger partial charge in [-0.25, -0.2) is 0 Å². The Bertz CT molecular complexity index is 196. The minimum absolute atomic E-state index is 0.104. The van der Waals surface area contributed by atoms with Crippen LogP contribution in [0.3, 0.4) is 0 Å². The van der Waals surface area contributed by atoms with Gasteiger partial charge in [-0.3, -0.25) is 4.79 Å². The maximum atomic E-state index is 11.1. The molecule has 4 heteroatoms. The molecule has 0 bridgehead atoms. The van der Waals surface area contributed by atoms with Crippen molar-refractivity contribution < 1.29 is 14.6 Å². The molecule has 0 aliphatic carbocycles. The molecule has 0 aromatic carbocycles. The van der Waals surface area contributed by atoms with Crippen molar-refractivity contribution in [3.8, 4) is 0 Å². The van der Waals surface area contributed by atoms with Crippen molar-refractivity contribution in [2.45, 2.75) is 52.2 Å². The largest absolute Gasteiger partial charge is 0.480 e. The van der Waals surface area contributed by atoms with Crippen LogP contribution in [0.1, 0.15) is 40.5 Å². The average molecular weight is 217 g/mol. The lowest BCUT2D eigenvalue weighted by molar-refractivity contribution is -0.147. The van der Waals surface area contributed by atoms with Crippen LogP contribution < -0.4 is 5.32 Å². The highest BCUT2D eigenvalue weighted by Crippen LogP contribution is 2.08. The molecule has 4 nitrogen and oxygen atoms in total. The predicted octanol–water partition coefficient (Wildman–Crippen LogP) is 1.64. The van der Waals surface area contributed by atoms with E-state index in [1.165, 1.54) is 0 Å². The summed E-state index contributed by atoms with van der Waals surface area (Å²) in [5, 5.41) is 12.1. The van der Waals surface area contributed by atoms with E-state index in [-0.39, 0.29) is 12.7 Å². The van der Waals surface area contributed by atoms with Gasteiger partial charge in [-0.15, -0.1) is 0 Å². The van der Waals surface area contributed by atoms with Crippen molar-refractivity contribution in [3.05, 3.63) is 0 Å². The van der Waals surface area contributed by atoms with E-state index < -0.39 is 11.5 Å². The van der Waals surface area contributed by atoms with Gasteiger partial charge in [0.25, 0.3) is 0 Å². The predicted molar refractivity (Wildman–Crippen MR) is 60.0 cm³/mol. The zero-order chi connectivity index (χ0) is 11.9. The summed E-state index contributed by atoms with van der Waals surface area (Å²) in [5.74, 6) is -0.862. The van der Waals surface area contributed by atoms with Gasteiger partial charge in [-0.05, 0) is 33.2 Å². The molecule has 2 atom stereocenters. The van der Waals surface area contributed by atoms with Crippen LogP contribution in [-0.2, 0) is 9.53 Å². The molecule has 2 unspecified atom stereocenters. The van der Waals surface area contributed by atoms with Crippen LogP contribution in [0, 0.1) is 0 Å². The zero-order valence-electron chi connectivity index (χ0n) is 10.2. The standard InChI is InChI=1S/C11H23NO3/c1-5-7-12-11(4,10(13)14)8-15-9(3)6-2/h9,12H,5-8H2,1-4H3,(H,13,14). The molecule has 0 saturated heterocycles. The fourth-order valence-corrected chi connectivity index (χ4v) is 1.02. The highest BCUT2D eigenvalue weighted by molar-refractivity contribution is 5.78. The lowest BCUT2D eigenvalue weighted by Gasteiger charge is -2.27. The quantitative estimate of drug-likeness (QED) is 0.649. The van der Waals surface area contributed by atoms with Gasteiger partial charge in [0.05, 0.1) is 12.7 Å². The Morgan fingerprint density at radius 3 is 2.53 bits per heavy atom. The molecule has 15 heavy (non-hydrogen) atoms. The summed E-state index contributed by atoms with van der Waals surface area (Å²) in [4.78, 5) is 11.1. The molecular formula is C11H23NO3. The monoisotopic (exact) mass is 217 g/mol. The molecule has 2 N–H and O–H groups in total. The number of aliphatic carboxylic acids is 1. The average Bonchev–Trinajstić information content (AvgIpc) is 2.22. The number of ether oxygens (including phenoxy) is 1. The molecule has 0 aromatic heterocycles. The van der Waals surface area contributed by atoms with Crippen LogP contribution in [0.25, 0.3) is 0 Å². The molecule has 90 valence electrons. The summed E-state index contributed by atoms with van der Waals surface area (Å²) in [6.07, 6.45) is 1.91. The maximum Gasteiger partial charge on any atom is 0.326 e. The van der Waals surface area contributed by atoms with E-state index in [4.69, 9.17) is 9.84 Å². The van der Waals surface area contributed by atoms with E-state index in [9.17, 15) is 4.79 Å². The fourth-order valence-electron chi connectivity index (χ4n) is 1.02. The van der Waals surface area contributed by atoms with Crippen molar-refractivity contribution >= 4 is 5.97 Å². The number of hydrogen-bond donors (Lipinski definition) is 2. The summed E-state index contributed by atoms with van der Waals surface area (Å²) in [6.45, 7) is 8.52. The van der Waals surface area contributed by atoms with Crippen LogP contribution in [0.2, 0.25) is 0 Å². The summed E-state index contributed by atoms with van der Waals surface area (Å²) >= 11 is 0. The summed E-state index contributed by atoms with van der Waals surface area (Å²) < 4.78 is 5.47. The third-order valence-corrected chi connectivity index (χ3v) is 2.47. The van der Waals surface area contributed by atoms with Gasteiger partial charge >= 0.3 is 5.97 Å². The summed E-state index contributed by atoms with van der Waals surface area (Å²) in [7, 11) is 0. The normalized spacial score (nSPS) is 17.1. The van der Waals surface area contributed by atoms with E-state index in [2.05, 4.69) is 5.32 Å². The number of nitrogens with one attached hydrogen (secondary N) is 1. The number of carboxylic acids is 1. The van der Waals surface area contributed by atoms with Gasteiger partial charge in [0, 0.05) is 0 Å². The third kappa shape index (κ3) is 5.14. The lowest BCUT2D eigenvalue weighted by Crippen LogP contribution is -2.53. The molecule has 0 fully saturated rings. The van der Waals surface area contributed by atoms with E-state index >= 15 is 0 Å². The SMILES string of the molecule is CCCNC(C)(COC(C)CC)C(=O)O. The van der Waals surface area contributed by atoms with Gasteiger partial charge < -0.3 is 15.2 Å². The van der Waals surface area contributed by atoms with E-state index in [0.717, 1.165) is 12.8 Å². The van der Waals surface area contributed by atoms with Crippen LogP contribution in [0.15, 0.2) is 0 Å². The molecule has 0 spiro atoms. The van der Waals surface area contributed by atoms with E-state index in [0.29, 0.717) is 6.54 Å². The van der Waals surface area contributed by atoms with Gasteiger partial charge in [-0.1, -0.05) is 13.8 Å². The first-order valence-electron chi connectivity index (χ1n) is 5.56. The highest BCUT2D eigenvalue weighted by atomic mass is 16.5. The molecule has 0 aromatic rings. The first-order chi connectivity index (χ1) is 6.96. The zero-order valence-corrected chi connectivity index (χ0v) is 10.2. The fraction of sp³-hybridized carbons (Fsp3) is 0.909. The van der Waals surface area contributed by atoms with Gasteiger partial charge in [0.15, 0.2) is 0 Å². The Kier molecular flexibility index (Phi) is 6.52. The number of carbonyl (C=O) groups is 1. The molecule has 0 aliphatic rings. The van der Waals surface area contributed by atoms with Crippen molar-refractivity contribution in [2.75, 3.05) is 13.2 Å². The maximum absolute atomic E-state index is 11.1. The number of carboxylic acid groups (broad SMARTS) is 1. The van der Waals surface area contributed by atoms with Gasteiger partial charge in [0.1, 0.15) is 5.54 Å². The summed E-state index contributed by atoms with van der Waals surface area (Å²) in [5.41, 5.74) is -0.973. The molecule has 0 saturated carbocycles. The highest BCUT2D eigenvalue weighted by Gasteiger charge is 2.32. The lowest BCUT2D eigenvalue weighted by atomic mass is 10.0. The Labute approximate surface area is 92.0 Å². The molecule has 0 radical (unpaired) electrons. The second kappa shape index (κ2) is 6.80. The summed E-state index contributed by atoms with van der Waals surface area (Å²) in [6, 6.07) is 0. The van der Waals surface area contributed by atoms with Crippen molar-refractivity contribution in [3.63, 3.8) is 0 Å². The van der Waals surface area contributed by atoms with Crippen molar-refractivity contribution in [1.29, 1.82) is 0 Å². The Morgan fingerprint density at radius 2 is 2.13 bits per heavy atom. The second-order valence-electron chi connectivity index (χ2n) is 4.09. The topological polar surface area (TPSA) is 58.6 Å². The number of rotatable bonds is 8. The van der Waals surface area contributed by atoms with Crippen LogP contribution in [0.5, 0.6) is 0 Å². The Hall–Kier alpha value is -0.610. The van der Waals surface area contributed by atoms with E-state index in [1.807, 2.05) is 20.8 Å². The first-order valence-corrected chi connectivity index (χ1v) is 5.56. The first kappa shape index (κ1) is 14.4. The Balaban J connectivity index is 4.19. The van der Waals surface area contributed by atoms with Gasteiger partial charge in [-0.2, -0.15) is 0 Å². The second-order valence-corrected chi connectivity index (χ2v) is 4.09. The van der Waals surface area contributed by atoms with Crippen LogP contribution in [0.4, 0.5) is 0 Å². The van der Waals surface area contributed by atoms with Crippen molar-refractivity contribution in [2.24, 2.45) is 0 Å². The minimum Gasteiger partial charge on any atom is -0.480 e. The molecular weight excluding hydrogens is 194 g/mol. The molecule has 0 amide bonds. The van der Waals surface area contributed by atoms with Crippen molar-refractivity contribution in [1.82, 2.24) is 5.32 Å². The molecule has 0 heterocycles. The smallest absolute Gasteiger partial charge is 0.326 e. The third-order valence-electron chi connectivity index (χ3n) is 2.47. The molecule has 0 aliphatic heterocycles. The molecule has 0 rings (SSSR count). The Morgan fingerprint density at radius 1 is 1.53 bits per heavy atom. The van der Waals surface area contributed by atoms with Crippen LogP contribution >= 0.6 is 0 Å². The van der Waals surface area contributed by atoms with Gasteiger partial charge in [0.2, 0.25) is 0 Å². The number of hydrogen-bond acceptors (Lipinski definition) is 3. The minimum atomic E-state index is -0.973.